The van der Waals surface area contributed by atoms with Crippen LogP contribution in [0.25, 0.3) is 0 Å². The summed E-state index contributed by atoms with van der Waals surface area (Å²) < 4.78 is 2.25. The Hall–Kier alpha value is -0.300. The fraction of sp³-hybridized carbons (Fsp3) is 0.773. The molecule has 2 aromatic heterocycles. The Kier molecular flexibility index (Phi) is 16.7. The van der Waals surface area contributed by atoms with Crippen LogP contribution < -0.4 is 0 Å². The molecule has 3 saturated carbocycles. The third kappa shape index (κ3) is 10.1. The Labute approximate surface area is 330 Å². The molecule has 50 heavy (non-hydrogen) atoms. The van der Waals surface area contributed by atoms with Gasteiger partial charge in [-0.15, -0.1) is 22.7 Å². The fourth-order valence-corrected chi connectivity index (χ4v) is 13.9. The average molecular weight is 851 g/mol. The molecule has 0 N–H and O–H groups in total. The van der Waals surface area contributed by atoms with Crippen LogP contribution in [-0.2, 0) is 9.59 Å². The van der Waals surface area contributed by atoms with Gasteiger partial charge in [0.15, 0.2) is 0 Å². The molecule has 10 unspecified atom stereocenters. The minimum absolute atomic E-state index is 0.00145. The summed E-state index contributed by atoms with van der Waals surface area (Å²) in [4.78, 5) is 32.6. The van der Waals surface area contributed by atoms with Crippen molar-refractivity contribution < 1.29 is 9.59 Å². The molecule has 0 aromatic carbocycles. The number of halogens is 2. The highest BCUT2D eigenvalue weighted by Gasteiger charge is 2.62. The standard InChI is InChI=1S/C44H66Br2O2S2/c1-5-9-13-15-19-29(17-11-7-3)25-31-33-27-35(37-21-23-39(45)49-37)44(48)42(33)32(26-30(18-12-8-4)20-16-14-10-6-2)34-28-36(43(47)41(31)34)38-22-24-40(46)50-38/h21-24,29-36,41-42H,5-20,25-28H2,1-4H3. The number of Topliss-reactive ketones (excluding diaryl/α,β-unsaturated/α-hetero) is 2. The molecule has 3 fully saturated rings. The van der Waals surface area contributed by atoms with E-state index in [1.165, 1.54) is 112 Å². The Balaban J connectivity index is 1.53. The molecule has 0 spiro atoms. The smallest absolute Gasteiger partial charge is 0.144 e. The number of fused-ring (bicyclic) bond motifs is 2. The molecule has 5 rings (SSSR count). The third-order valence-electron chi connectivity index (χ3n) is 13.3. The maximum Gasteiger partial charge on any atom is 0.144 e. The molecule has 0 saturated heterocycles. The summed E-state index contributed by atoms with van der Waals surface area (Å²) in [5.74, 6) is 3.97. The van der Waals surface area contributed by atoms with E-state index in [4.69, 9.17) is 0 Å². The van der Waals surface area contributed by atoms with E-state index in [9.17, 15) is 0 Å². The predicted molar refractivity (Wildman–Crippen MR) is 222 cm³/mol. The van der Waals surface area contributed by atoms with E-state index in [0.717, 1.165) is 33.3 Å². The highest BCUT2D eigenvalue weighted by molar-refractivity contribution is 9.11. The minimum Gasteiger partial charge on any atom is -0.299 e. The van der Waals surface area contributed by atoms with Gasteiger partial charge in [-0.25, -0.2) is 0 Å². The summed E-state index contributed by atoms with van der Waals surface area (Å²) in [6.45, 7) is 9.26. The zero-order valence-corrected chi connectivity index (χ0v) is 36.4. The van der Waals surface area contributed by atoms with Crippen LogP contribution in [0.2, 0.25) is 0 Å². The van der Waals surface area contributed by atoms with E-state index in [1.807, 2.05) is 0 Å². The molecule has 0 radical (unpaired) electrons. The normalized spacial score (nSPS) is 29.0. The van der Waals surface area contributed by atoms with Crippen molar-refractivity contribution in [2.24, 2.45) is 47.3 Å². The summed E-state index contributed by atoms with van der Waals surface area (Å²) in [6, 6.07) is 8.70. The lowest BCUT2D eigenvalue weighted by Gasteiger charge is -2.48. The lowest BCUT2D eigenvalue weighted by molar-refractivity contribution is -0.135. The van der Waals surface area contributed by atoms with Gasteiger partial charge < -0.3 is 0 Å². The topological polar surface area (TPSA) is 34.1 Å². The van der Waals surface area contributed by atoms with Gasteiger partial charge in [0.1, 0.15) is 11.6 Å². The first kappa shape index (κ1) is 40.9. The van der Waals surface area contributed by atoms with Gasteiger partial charge in [-0.05, 0) is 117 Å². The first-order valence-electron chi connectivity index (χ1n) is 20.9. The quantitative estimate of drug-likeness (QED) is 0.111. The second kappa shape index (κ2) is 20.4. The summed E-state index contributed by atoms with van der Waals surface area (Å²) in [7, 11) is 0. The summed E-state index contributed by atoms with van der Waals surface area (Å²) in [5, 5.41) is 0. The van der Waals surface area contributed by atoms with E-state index in [-0.39, 0.29) is 23.7 Å². The number of carbonyl (C=O) groups excluding carboxylic acids is 2. The Morgan fingerprint density at radius 1 is 0.560 bits per heavy atom. The van der Waals surface area contributed by atoms with Crippen molar-refractivity contribution >= 4 is 66.1 Å². The number of hydrogen-bond acceptors (Lipinski definition) is 4. The monoisotopic (exact) mass is 848 g/mol. The molecule has 0 aliphatic heterocycles. The van der Waals surface area contributed by atoms with Crippen molar-refractivity contribution in [2.45, 2.75) is 168 Å². The molecule has 2 heterocycles. The van der Waals surface area contributed by atoms with Crippen LogP contribution in [0.1, 0.15) is 178 Å². The molecule has 2 nitrogen and oxygen atoms in total. The summed E-state index contributed by atoms with van der Waals surface area (Å²) in [6.07, 6.45) is 24.8. The second-order valence-corrected chi connectivity index (χ2v) is 21.5. The van der Waals surface area contributed by atoms with E-state index >= 15 is 9.59 Å². The first-order chi connectivity index (χ1) is 24.3. The number of hydrogen-bond donors (Lipinski definition) is 0. The SMILES string of the molecule is CCCCCCC(CCCC)CC1C2CC(c3ccc(Br)s3)C(=O)C2C(CC(CCCC)CCCCCC)C2CC(c3ccc(Br)s3)C(=O)C12. The van der Waals surface area contributed by atoms with Crippen LogP contribution in [-0.4, -0.2) is 11.6 Å². The van der Waals surface area contributed by atoms with Crippen LogP contribution in [0.3, 0.4) is 0 Å². The van der Waals surface area contributed by atoms with Crippen LogP contribution >= 0.6 is 54.5 Å². The van der Waals surface area contributed by atoms with Crippen LogP contribution in [0.15, 0.2) is 31.8 Å². The third-order valence-corrected chi connectivity index (χ3v) is 16.7. The van der Waals surface area contributed by atoms with Crippen molar-refractivity contribution in [3.05, 3.63) is 41.6 Å². The highest BCUT2D eigenvalue weighted by Crippen LogP contribution is 2.64. The van der Waals surface area contributed by atoms with Gasteiger partial charge >= 0.3 is 0 Å². The highest BCUT2D eigenvalue weighted by atomic mass is 79.9. The maximum atomic E-state index is 15.0. The molecular formula is C44H66Br2O2S2. The largest absolute Gasteiger partial charge is 0.299 e. The number of ketones is 2. The molecule has 6 heteroatoms. The Morgan fingerprint density at radius 2 is 0.940 bits per heavy atom. The first-order valence-corrected chi connectivity index (χ1v) is 24.1. The van der Waals surface area contributed by atoms with Crippen molar-refractivity contribution in [3.63, 3.8) is 0 Å². The summed E-state index contributed by atoms with van der Waals surface area (Å²) >= 11 is 11.0. The molecule has 2 aromatic rings. The van der Waals surface area contributed by atoms with E-state index < -0.39 is 0 Å². The van der Waals surface area contributed by atoms with E-state index in [0.29, 0.717) is 47.1 Å². The Bertz CT molecular complexity index is 1230. The molecular weight excluding hydrogens is 784 g/mol. The zero-order valence-electron chi connectivity index (χ0n) is 31.6. The van der Waals surface area contributed by atoms with Gasteiger partial charge in [0.05, 0.1) is 19.4 Å². The molecule has 10 atom stereocenters. The van der Waals surface area contributed by atoms with Crippen LogP contribution in [0.5, 0.6) is 0 Å². The van der Waals surface area contributed by atoms with Gasteiger partial charge in [-0.1, -0.05) is 130 Å². The van der Waals surface area contributed by atoms with Crippen LogP contribution in [0.4, 0.5) is 0 Å². The van der Waals surface area contributed by atoms with E-state index in [1.54, 1.807) is 22.7 Å². The van der Waals surface area contributed by atoms with Gasteiger partial charge in [0.25, 0.3) is 0 Å². The maximum absolute atomic E-state index is 15.0. The number of rotatable bonds is 22. The van der Waals surface area contributed by atoms with Crippen molar-refractivity contribution in [1.29, 1.82) is 0 Å². The molecule has 0 bridgehead atoms. The molecule has 280 valence electrons. The molecule has 3 aliphatic rings. The number of unbranched alkanes of at least 4 members (excludes halogenated alkanes) is 8. The molecule has 3 aliphatic carbocycles. The van der Waals surface area contributed by atoms with E-state index in [2.05, 4.69) is 83.8 Å². The second-order valence-electron chi connectivity index (χ2n) is 16.6. The van der Waals surface area contributed by atoms with Gasteiger partial charge in [-0.3, -0.25) is 9.59 Å². The van der Waals surface area contributed by atoms with Gasteiger partial charge in [-0.2, -0.15) is 0 Å². The predicted octanol–water partition coefficient (Wildman–Crippen LogP) is 15.2. The number of thiophene rings is 2. The van der Waals surface area contributed by atoms with Crippen molar-refractivity contribution in [1.82, 2.24) is 0 Å². The molecule has 0 amide bonds. The van der Waals surface area contributed by atoms with Gasteiger partial charge in [0.2, 0.25) is 0 Å². The lowest BCUT2D eigenvalue weighted by Crippen LogP contribution is -2.47. The Morgan fingerprint density at radius 3 is 1.28 bits per heavy atom. The number of carbonyl (C=O) groups is 2. The van der Waals surface area contributed by atoms with Crippen molar-refractivity contribution in [3.8, 4) is 0 Å². The minimum atomic E-state index is 0.00145. The van der Waals surface area contributed by atoms with Crippen LogP contribution in [0, 0.1) is 47.3 Å². The fourth-order valence-electron chi connectivity index (χ4n) is 10.9. The average Bonchev–Trinajstić information content (AvgIpc) is 3.89. The summed E-state index contributed by atoms with van der Waals surface area (Å²) in [5.41, 5.74) is 0. The van der Waals surface area contributed by atoms with Crippen molar-refractivity contribution in [2.75, 3.05) is 0 Å². The van der Waals surface area contributed by atoms with Gasteiger partial charge in [0, 0.05) is 21.6 Å². The zero-order chi connectivity index (χ0) is 35.6. The lowest BCUT2D eigenvalue weighted by atomic mass is 9.55.